The highest BCUT2D eigenvalue weighted by Crippen LogP contribution is 2.24. The van der Waals surface area contributed by atoms with Crippen LogP contribution in [0, 0.1) is 6.92 Å². The minimum atomic E-state index is 0.0619. The van der Waals surface area contributed by atoms with E-state index in [9.17, 15) is 4.79 Å². The van der Waals surface area contributed by atoms with Crippen molar-refractivity contribution in [3.63, 3.8) is 0 Å². The molecule has 0 aliphatic heterocycles. The first-order valence-electron chi connectivity index (χ1n) is 4.77. The van der Waals surface area contributed by atoms with Crippen molar-refractivity contribution in [1.29, 1.82) is 0 Å². The van der Waals surface area contributed by atoms with Crippen LogP contribution >= 0.6 is 27.3 Å². The standard InChI is InChI=1S/C11H11BrN2OS/c1-7-6-16-11(15)14(7)5-8-3-2-4-9(13)10(8)12/h2-4,6H,5,13H2,1H3. The molecule has 0 aliphatic rings. The maximum Gasteiger partial charge on any atom is 0.307 e. The van der Waals surface area contributed by atoms with Crippen LogP contribution in [0.4, 0.5) is 5.69 Å². The van der Waals surface area contributed by atoms with E-state index >= 15 is 0 Å². The van der Waals surface area contributed by atoms with Gasteiger partial charge >= 0.3 is 4.87 Å². The quantitative estimate of drug-likeness (QED) is 0.867. The van der Waals surface area contributed by atoms with Crippen LogP contribution in [0.5, 0.6) is 0 Å². The highest BCUT2D eigenvalue weighted by molar-refractivity contribution is 9.10. The normalized spacial score (nSPS) is 10.6. The summed E-state index contributed by atoms with van der Waals surface area (Å²) >= 11 is 4.66. The third-order valence-electron chi connectivity index (χ3n) is 2.41. The van der Waals surface area contributed by atoms with Crippen molar-refractivity contribution >= 4 is 33.0 Å². The number of anilines is 1. The molecule has 0 bridgehead atoms. The van der Waals surface area contributed by atoms with E-state index in [2.05, 4.69) is 15.9 Å². The van der Waals surface area contributed by atoms with Gasteiger partial charge in [-0.15, -0.1) is 0 Å². The van der Waals surface area contributed by atoms with Gasteiger partial charge in [0.2, 0.25) is 0 Å². The Morgan fingerprint density at radius 1 is 1.50 bits per heavy atom. The Morgan fingerprint density at radius 2 is 2.25 bits per heavy atom. The number of thiazole rings is 1. The van der Waals surface area contributed by atoms with E-state index in [4.69, 9.17) is 5.73 Å². The van der Waals surface area contributed by atoms with Crippen LogP contribution < -0.4 is 10.6 Å². The average molecular weight is 299 g/mol. The minimum Gasteiger partial charge on any atom is -0.398 e. The molecule has 0 saturated heterocycles. The van der Waals surface area contributed by atoms with E-state index in [1.54, 1.807) is 4.57 Å². The topological polar surface area (TPSA) is 48.0 Å². The number of hydrogen-bond acceptors (Lipinski definition) is 3. The zero-order valence-electron chi connectivity index (χ0n) is 8.74. The zero-order chi connectivity index (χ0) is 11.7. The fraction of sp³-hybridized carbons (Fsp3) is 0.182. The first-order chi connectivity index (χ1) is 7.59. The van der Waals surface area contributed by atoms with Gasteiger partial charge in [-0.3, -0.25) is 9.36 Å². The van der Waals surface area contributed by atoms with Crippen molar-refractivity contribution < 1.29 is 0 Å². The summed E-state index contributed by atoms with van der Waals surface area (Å²) in [6.45, 7) is 2.48. The van der Waals surface area contributed by atoms with Crippen LogP contribution in [-0.4, -0.2) is 4.57 Å². The van der Waals surface area contributed by atoms with Crippen LogP contribution in [0.3, 0.4) is 0 Å². The van der Waals surface area contributed by atoms with Crippen molar-refractivity contribution in [2.24, 2.45) is 0 Å². The summed E-state index contributed by atoms with van der Waals surface area (Å²) in [6, 6.07) is 5.68. The van der Waals surface area contributed by atoms with Gasteiger partial charge < -0.3 is 5.73 Å². The van der Waals surface area contributed by atoms with Gasteiger partial charge in [-0.05, 0) is 34.5 Å². The molecule has 84 valence electrons. The maximum absolute atomic E-state index is 11.6. The first-order valence-corrected chi connectivity index (χ1v) is 6.44. The SMILES string of the molecule is Cc1csc(=O)n1Cc1cccc(N)c1Br. The fourth-order valence-electron chi connectivity index (χ4n) is 1.49. The molecule has 0 amide bonds. The molecule has 1 aromatic carbocycles. The Morgan fingerprint density at radius 3 is 2.88 bits per heavy atom. The number of aromatic nitrogens is 1. The number of hydrogen-bond donors (Lipinski definition) is 1. The summed E-state index contributed by atoms with van der Waals surface area (Å²) in [5.74, 6) is 0. The monoisotopic (exact) mass is 298 g/mol. The van der Waals surface area contributed by atoms with E-state index in [-0.39, 0.29) is 4.87 Å². The van der Waals surface area contributed by atoms with Crippen molar-refractivity contribution in [3.8, 4) is 0 Å². The number of nitrogens with zero attached hydrogens (tertiary/aromatic N) is 1. The van der Waals surface area contributed by atoms with E-state index in [0.29, 0.717) is 12.2 Å². The summed E-state index contributed by atoms with van der Waals surface area (Å²) in [5, 5.41) is 1.86. The lowest BCUT2D eigenvalue weighted by molar-refractivity contribution is 0.753. The van der Waals surface area contributed by atoms with Crippen LogP contribution in [-0.2, 0) is 6.54 Å². The summed E-state index contributed by atoms with van der Waals surface area (Å²) in [5.41, 5.74) is 8.48. The van der Waals surface area contributed by atoms with Crippen LogP contribution in [0.1, 0.15) is 11.3 Å². The number of benzene rings is 1. The lowest BCUT2D eigenvalue weighted by Gasteiger charge is -2.08. The van der Waals surface area contributed by atoms with E-state index in [0.717, 1.165) is 15.7 Å². The second kappa shape index (κ2) is 4.43. The smallest absolute Gasteiger partial charge is 0.307 e. The molecular weight excluding hydrogens is 288 g/mol. The summed E-state index contributed by atoms with van der Waals surface area (Å²) in [4.78, 5) is 11.6. The predicted molar refractivity (Wildman–Crippen MR) is 71.0 cm³/mol. The highest BCUT2D eigenvalue weighted by atomic mass is 79.9. The fourth-order valence-corrected chi connectivity index (χ4v) is 2.61. The van der Waals surface area contributed by atoms with Gasteiger partial charge in [0.05, 0.1) is 6.54 Å². The Balaban J connectivity index is 2.42. The van der Waals surface area contributed by atoms with Gasteiger partial charge in [0.15, 0.2) is 0 Å². The number of rotatable bonds is 2. The second-order valence-electron chi connectivity index (χ2n) is 3.55. The maximum atomic E-state index is 11.6. The molecule has 5 heteroatoms. The Kier molecular flexibility index (Phi) is 3.16. The third-order valence-corrected chi connectivity index (χ3v) is 4.26. The van der Waals surface area contributed by atoms with Gasteiger partial charge in [0.25, 0.3) is 0 Å². The predicted octanol–water partition coefficient (Wildman–Crippen LogP) is 2.61. The van der Waals surface area contributed by atoms with Gasteiger partial charge in [-0.25, -0.2) is 0 Å². The van der Waals surface area contributed by atoms with Gasteiger partial charge in [-0.1, -0.05) is 23.5 Å². The summed E-state index contributed by atoms with van der Waals surface area (Å²) in [7, 11) is 0. The number of nitrogens with two attached hydrogens (primary N) is 1. The molecule has 0 unspecified atom stereocenters. The largest absolute Gasteiger partial charge is 0.398 e. The van der Waals surface area contributed by atoms with Gasteiger partial charge in [-0.2, -0.15) is 0 Å². The van der Waals surface area contributed by atoms with Crippen molar-refractivity contribution in [3.05, 3.63) is 49.0 Å². The third kappa shape index (κ3) is 2.05. The molecule has 0 fully saturated rings. The molecule has 2 rings (SSSR count). The molecule has 2 aromatic rings. The number of aryl methyl sites for hydroxylation is 1. The summed E-state index contributed by atoms with van der Waals surface area (Å²) in [6.07, 6.45) is 0. The Bertz CT molecular complexity index is 574. The molecule has 0 aliphatic carbocycles. The molecule has 0 radical (unpaired) electrons. The minimum absolute atomic E-state index is 0.0619. The summed E-state index contributed by atoms with van der Waals surface area (Å²) < 4.78 is 2.61. The molecular formula is C11H11BrN2OS. The number of nitrogen functional groups attached to an aromatic ring is 1. The van der Waals surface area contributed by atoms with E-state index in [1.165, 1.54) is 11.3 Å². The van der Waals surface area contributed by atoms with Crippen molar-refractivity contribution in [2.75, 3.05) is 5.73 Å². The van der Waals surface area contributed by atoms with E-state index < -0.39 is 0 Å². The van der Waals surface area contributed by atoms with Crippen molar-refractivity contribution in [2.45, 2.75) is 13.5 Å². The van der Waals surface area contributed by atoms with E-state index in [1.807, 2.05) is 30.5 Å². The number of halogens is 1. The first kappa shape index (κ1) is 11.4. The molecule has 0 saturated carbocycles. The molecule has 16 heavy (non-hydrogen) atoms. The molecule has 2 N–H and O–H groups in total. The highest BCUT2D eigenvalue weighted by Gasteiger charge is 2.07. The average Bonchev–Trinajstić information content (AvgIpc) is 2.56. The van der Waals surface area contributed by atoms with Crippen molar-refractivity contribution in [1.82, 2.24) is 4.57 Å². The van der Waals surface area contributed by atoms with Gasteiger partial charge in [0.1, 0.15) is 0 Å². The van der Waals surface area contributed by atoms with Gasteiger partial charge in [0, 0.05) is 21.2 Å². The van der Waals surface area contributed by atoms with Crippen LogP contribution in [0.2, 0.25) is 0 Å². The van der Waals surface area contributed by atoms with Crippen LogP contribution in [0.15, 0.2) is 32.8 Å². The molecule has 3 nitrogen and oxygen atoms in total. The second-order valence-corrected chi connectivity index (χ2v) is 5.16. The molecule has 1 aromatic heterocycles. The zero-order valence-corrected chi connectivity index (χ0v) is 11.1. The lowest BCUT2D eigenvalue weighted by Crippen LogP contribution is -2.15. The molecule has 1 heterocycles. The molecule has 0 spiro atoms. The molecule has 0 atom stereocenters. The Labute approximate surface area is 106 Å². The lowest BCUT2D eigenvalue weighted by atomic mass is 10.2. The van der Waals surface area contributed by atoms with Crippen LogP contribution in [0.25, 0.3) is 0 Å². The Hall–Kier alpha value is -1.07.